The molecule has 0 saturated carbocycles. The molecule has 2 unspecified atom stereocenters. The average molecular weight is 365 g/mol. The molecule has 3 N–H and O–H groups in total. The summed E-state index contributed by atoms with van der Waals surface area (Å²) < 4.78 is 0. The Bertz CT molecular complexity index is 566. The Morgan fingerprint density at radius 2 is 1.92 bits per heavy atom. The Kier molecular flexibility index (Phi) is 9.23. The highest BCUT2D eigenvalue weighted by Gasteiger charge is 2.29. The highest BCUT2D eigenvalue weighted by molar-refractivity contribution is 7.98. The van der Waals surface area contributed by atoms with Crippen molar-refractivity contribution < 1.29 is 14.4 Å². The van der Waals surface area contributed by atoms with Gasteiger partial charge < -0.3 is 11.1 Å². The fourth-order valence-electron chi connectivity index (χ4n) is 2.34. The maximum Gasteiger partial charge on any atom is 0.256 e. The second-order valence-corrected chi connectivity index (χ2v) is 7.21. The molecular formula is C18H27N3O3S. The van der Waals surface area contributed by atoms with Crippen LogP contribution in [0.3, 0.4) is 0 Å². The molecular weight excluding hydrogens is 338 g/mol. The minimum Gasteiger partial charge on any atom is -0.343 e. The maximum absolute atomic E-state index is 12.8. The Morgan fingerprint density at radius 1 is 1.28 bits per heavy atom. The van der Waals surface area contributed by atoms with Crippen LogP contribution in [0.4, 0.5) is 5.69 Å². The van der Waals surface area contributed by atoms with Crippen molar-refractivity contribution in [3.05, 3.63) is 30.3 Å². The first kappa shape index (κ1) is 21.2. The third kappa shape index (κ3) is 6.88. The number of carbonyl (C=O) groups excluding carboxylic acids is 3. The largest absolute Gasteiger partial charge is 0.343 e. The molecule has 1 aromatic carbocycles. The van der Waals surface area contributed by atoms with Gasteiger partial charge in [-0.1, -0.05) is 32.0 Å². The van der Waals surface area contributed by atoms with Crippen molar-refractivity contribution in [1.82, 2.24) is 5.32 Å². The highest BCUT2D eigenvalue weighted by Crippen LogP contribution is 2.15. The number of nitrogens with two attached hydrogens (primary N) is 1. The lowest BCUT2D eigenvalue weighted by Gasteiger charge is -2.26. The van der Waals surface area contributed by atoms with Crippen LogP contribution in [0.15, 0.2) is 30.3 Å². The van der Waals surface area contributed by atoms with Crippen LogP contribution in [0.2, 0.25) is 0 Å². The number of hydrogen-bond acceptors (Lipinski definition) is 5. The molecule has 0 saturated heterocycles. The fraction of sp³-hybridized carbons (Fsp3) is 0.500. The quantitative estimate of drug-likeness (QED) is 0.617. The monoisotopic (exact) mass is 365 g/mol. The number of hydrogen-bond donors (Lipinski definition) is 2. The molecule has 1 aromatic rings. The summed E-state index contributed by atoms with van der Waals surface area (Å²) in [5.41, 5.74) is 6.35. The molecule has 6 nitrogen and oxygen atoms in total. The molecule has 0 radical (unpaired) electrons. The zero-order valence-electron chi connectivity index (χ0n) is 15.0. The van der Waals surface area contributed by atoms with E-state index in [1.54, 1.807) is 42.1 Å². The number of rotatable bonds is 10. The summed E-state index contributed by atoms with van der Waals surface area (Å²) in [4.78, 5) is 37.6. The molecule has 138 valence electrons. The van der Waals surface area contributed by atoms with Gasteiger partial charge in [0.05, 0.1) is 11.7 Å². The van der Waals surface area contributed by atoms with E-state index >= 15 is 0 Å². The number of nitrogens with zero attached hydrogens (tertiary/aromatic N) is 1. The molecule has 0 spiro atoms. The van der Waals surface area contributed by atoms with Gasteiger partial charge in [-0.05, 0) is 42.9 Å². The summed E-state index contributed by atoms with van der Waals surface area (Å²) in [6.45, 7) is 3.90. The predicted molar refractivity (Wildman–Crippen MR) is 102 cm³/mol. The highest BCUT2D eigenvalue weighted by atomic mass is 32.2. The topological polar surface area (TPSA) is 92.5 Å². The molecule has 0 aromatic heterocycles. The van der Waals surface area contributed by atoms with Gasteiger partial charge in [0.1, 0.15) is 6.04 Å². The van der Waals surface area contributed by atoms with Crippen LogP contribution in [-0.4, -0.2) is 42.3 Å². The van der Waals surface area contributed by atoms with E-state index in [0.29, 0.717) is 24.9 Å². The van der Waals surface area contributed by atoms with Crippen LogP contribution in [0, 0.1) is 5.92 Å². The number of amides is 3. The lowest BCUT2D eigenvalue weighted by atomic mass is 10.0. The van der Waals surface area contributed by atoms with Gasteiger partial charge in [0.25, 0.3) is 5.91 Å². The Hall–Kier alpha value is -1.86. The molecule has 7 heteroatoms. The van der Waals surface area contributed by atoms with Crippen molar-refractivity contribution in [3.63, 3.8) is 0 Å². The maximum atomic E-state index is 12.8. The third-order valence-corrected chi connectivity index (χ3v) is 4.31. The third-order valence-electron chi connectivity index (χ3n) is 3.67. The summed E-state index contributed by atoms with van der Waals surface area (Å²) >= 11 is 1.61. The molecule has 0 bridgehead atoms. The van der Waals surface area contributed by atoms with Crippen LogP contribution < -0.4 is 16.0 Å². The summed E-state index contributed by atoms with van der Waals surface area (Å²) in [7, 11) is 0. The molecule has 0 aliphatic heterocycles. The Balaban J connectivity index is 2.91. The van der Waals surface area contributed by atoms with E-state index in [4.69, 9.17) is 5.73 Å². The van der Waals surface area contributed by atoms with E-state index in [-0.39, 0.29) is 11.8 Å². The van der Waals surface area contributed by atoms with Gasteiger partial charge in [-0.15, -0.1) is 0 Å². The SMILES string of the molecule is CSCCC(N)C(=O)NC(CC(C)C)C(=O)N(C=O)c1ccccc1. The molecule has 0 fully saturated rings. The molecule has 0 aliphatic carbocycles. The Labute approximate surface area is 153 Å². The number of benzene rings is 1. The van der Waals surface area contributed by atoms with Crippen LogP contribution in [0.5, 0.6) is 0 Å². The minimum absolute atomic E-state index is 0.168. The molecule has 2 atom stereocenters. The van der Waals surface area contributed by atoms with Crippen LogP contribution in [0.1, 0.15) is 26.7 Å². The van der Waals surface area contributed by atoms with Crippen LogP contribution in [-0.2, 0) is 14.4 Å². The van der Waals surface area contributed by atoms with E-state index in [1.165, 1.54) is 0 Å². The van der Waals surface area contributed by atoms with Crippen molar-refractivity contribution in [2.45, 2.75) is 38.8 Å². The second kappa shape index (κ2) is 10.9. The lowest BCUT2D eigenvalue weighted by molar-refractivity contribution is -0.130. The van der Waals surface area contributed by atoms with Crippen molar-refractivity contribution in [1.29, 1.82) is 0 Å². The summed E-state index contributed by atoms with van der Waals surface area (Å²) in [5.74, 6) is 0.107. The fourth-order valence-corrected chi connectivity index (χ4v) is 2.83. The Morgan fingerprint density at radius 3 is 2.44 bits per heavy atom. The van der Waals surface area contributed by atoms with Crippen LogP contribution >= 0.6 is 11.8 Å². The van der Waals surface area contributed by atoms with E-state index in [9.17, 15) is 14.4 Å². The molecule has 3 amide bonds. The summed E-state index contributed by atoms with van der Waals surface area (Å²) in [5, 5.41) is 2.72. The first-order chi connectivity index (χ1) is 11.9. The van der Waals surface area contributed by atoms with Gasteiger partial charge in [-0.25, -0.2) is 0 Å². The summed E-state index contributed by atoms with van der Waals surface area (Å²) in [6.07, 6.45) is 3.38. The zero-order valence-corrected chi connectivity index (χ0v) is 15.8. The zero-order chi connectivity index (χ0) is 18.8. The summed E-state index contributed by atoms with van der Waals surface area (Å²) in [6, 6.07) is 7.17. The minimum atomic E-state index is -0.793. The lowest BCUT2D eigenvalue weighted by Crippen LogP contribution is -2.53. The van der Waals surface area contributed by atoms with Gasteiger partial charge in [0.2, 0.25) is 12.3 Å². The molecule has 0 heterocycles. The number of thioether (sulfide) groups is 1. The van der Waals surface area contributed by atoms with Crippen LogP contribution in [0.25, 0.3) is 0 Å². The van der Waals surface area contributed by atoms with Crippen molar-refractivity contribution in [2.24, 2.45) is 11.7 Å². The number of imide groups is 1. The molecule has 1 rings (SSSR count). The van der Waals surface area contributed by atoms with E-state index in [1.807, 2.05) is 20.1 Å². The van der Waals surface area contributed by atoms with Crippen molar-refractivity contribution in [3.8, 4) is 0 Å². The number of para-hydroxylation sites is 1. The molecule has 0 aliphatic rings. The number of anilines is 1. The van der Waals surface area contributed by atoms with Crippen molar-refractivity contribution in [2.75, 3.05) is 16.9 Å². The second-order valence-electron chi connectivity index (χ2n) is 6.23. The van der Waals surface area contributed by atoms with E-state index in [2.05, 4.69) is 5.32 Å². The van der Waals surface area contributed by atoms with E-state index < -0.39 is 18.0 Å². The van der Waals surface area contributed by atoms with Gasteiger partial charge in [-0.3, -0.25) is 19.3 Å². The number of carbonyl (C=O) groups is 3. The standard InChI is InChI=1S/C18H27N3O3S/c1-13(2)11-16(20-17(23)15(19)9-10-25-3)18(24)21(12-22)14-7-5-4-6-8-14/h4-8,12-13,15-16H,9-11,19H2,1-3H3,(H,20,23). The van der Waals surface area contributed by atoms with Crippen molar-refractivity contribution >= 4 is 35.7 Å². The van der Waals surface area contributed by atoms with Gasteiger partial charge in [0.15, 0.2) is 0 Å². The van der Waals surface area contributed by atoms with Gasteiger partial charge in [0, 0.05) is 0 Å². The average Bonchev–Trinajstić information content (AvgIpc) is 2.60. The smallest absolute Gasteiger partial charge is 0.256 e. The van der Waals surface area contributed by atoms with E-state index in [0.717, 1.165) is 10.7 Å². The van der Waals surface area contributed by atoms with Gasteiger partial charge in [-0.2, -0.15) is 11.8 Å². The predicted octanol–water partition coefficient (Wildman–Crippen LogP) is 1.79. The number of nitrogens with one attached hydrogen (secondary N) is 1. The first-order valence-electron chi connectivity index (χ1n) is 8.29. The first-order valence-corrected chi connectivity index (χ1v) is 9.68. The molecule has 25 heavy (non-hydrogen) atoms. The van der Waals surface area contributed by atoms with Gasteiger partial charge >= 0.3 is 0 Å². The normalized spacial score (nSPS) is 13.2.